The average molecular weight is 300 g/mol. The largest absolute Gasteiger partial charge is 0.396 e. The molecule has 0 aromatic carbocycles. The lowest BCUT2D eigenvalue weighted by molar-refractivity contribution is 0.102. The first-order valence-electron chi connectivity index (χ1n) is 6.41. The summed E-state index contributed by atoms with van der Waals surface area (Å²) in [5.41, 5.74) is 6.70. The van der Waals surface area contributed by atoms with Gasteiger partial charge in [-0.05, 0) is 25.0 Å². The van der Waals surface area contributed by atoms with Crippen LogP contribution < -0.4 is 10.6 Å². The minimum Gasteiger partial charge on any atom is -0.396 e. The quantitative estimate of drug-likeness (QED) is 0.660. The monoisotopic (exact) mass is 300 g/mol. The van der Waals surface area contributed by atoms with Crippen LogP contribution in [0.5, 0.6) is 0 Å². The number of nitrogen functional groups attached to an aromatic ring is 1. The van der Waals surface area contributed by atoms with Crippen molar-refractivity contribution in [2.24, 2.45) is 5.92 Å². The zero-order valence-corrected chi connectivity index (χ0v) is 12.9. The zero-order valence-electron chi connectivity index (χ0n) is 11.3. The lowest BCUT2D eigenvalue weighted by Crippen LogP contribution is -2.36. The highest BCUT2D eigenvalue weighted by molar-refractivity contribution is 7.99. The van der Waals surface area contributed by atoms with E-state index in [0.717, 1.165) is 35.8 Å². The van der Waals surface area contributed by atoms with Gasteiger partial charge in [-0.25, -0.2) is 0 Å². The summed E-state index contributed by atoms with van der Waals surface area (Å²) in [5.74, 6) is 0.354. The third-order valence-corrected chi connectivity index (χ3v) is 5.79. The standard InChI is InChI=1S/C13H20N2O2S2/c1-8(17)11-10(14)12(18-2)13(19-11)15-5-3-4-9(6-15)7-16/h9,16H,3-7,14H2,1-2H3. The highest BCUT2D eigenvalue weighted by atomic mass is 32.2. The number of anilines is 2. The number of carbonyl (C=O) groups excluding carboxylic acids is 1. The third-order valence-electron chi connectivity index (χ3n) is 3.47. The maximum atomic E-state index is 11.6. The normalized spacial score (nSPS) is 19.7. The number of carbonyl (C=O) groups is 1. The summed E-state index contributed by atoms with van der Waals surface area (Å²) in [6, 6.07) is 0. The molecular weight excluding hydrogens is 280 g/mol. The number of aliphatic hydroxyl groups excluding tert-OH is 1. The molecular formula is C13H20N2O2S2. The Morgan fingerprint density at radius 2 is 2.37 bits per heavy atom. The van der Waals surface area contributed by atoms with Crippen LogP contribution in [0.15, 0.2) is 4.90 Å². The lowest BCUT2D eigenvalue weighted by Gasteiger charge is -2.33. The Labute approximate surface area is 122 Å². The Morgan fingerprint density at radius 1 is 1.63 bits per heavy atom. The van der Waals surface area contributed by atoms with Crippen LogP contribution in [0.25, 0.3) is 0 Å². The van der Waals surface area contributed by atoms with Crippen LogP contribution in [0.3, 0.4) is 0 Å². The van der Waals surface area contributed by atoms with E-state index in [-0.39, 0.29) is 12.4 Å². The molecule has 1 unspecified atom stereocenters. The van der Waals surface area contributed by atoms with Crippen molar-refractivity contribution in [1.82, 2.24) is 0 Å². The number of piperidine rings is 1. The smallest absolute Gasteiger partial charge is 0.171 e. The summed E-state index contributed by atoms with van der Waals surface area (Å²) in [6.45, 7) is 3.61. The number of Topliss-reactive ketones (excluding diaryl/α,β-unsaturated/α-hetero) is 1. The first kappa shape index (κ1) is 14.7. The van der Waals surface area contributed by atoms with Gasteiger partial charge in [0.05, 0.1) is 15.5 Å². The molecule has 3 N–H and O–H groups in total. The molecule has 0 amide bonds. The molecule has 1 saturated heterocycles. The number of rotatable bonds is 4. The molecule has 19 heavy (non-hydrogen) atoms. The van der Waals surface area contributed by atoms with E-state index in [9.17, 15) is 9.90 Å². The number of aliphatic hydroxyl groups is 1. The van der Waals surface area contributed by atoms with E-state index >= 15 is 0 Å². The van der Waals surface area contributed by atoms with Crippen molar-refractivity contribution in [2.75, 3.05) is 36.6 Å². The van der Waals surface area contributed by atoms with Gasteiger partial charge in [0.25, 0.3) is 0 Å². The van der Waals surface area contributed by atoms with Gasteiger partial charge in [-0.1, -0.05) is 0 Å². The highest BCUT2D eigenvalue weighted by Gasteiger charge is 2.26. The minimum atomic E-state index is 0.0276. The second-order valence-corrected chi connectivity index (χ2v) is 6.69. The van der Waals surface area contributed by atoms with Crippen LogP contribution in [0.2, 0.25) is 0 Å². The van der Waals surface area contributed by atoms with Crippen LogP contribution in [-0.2, 0) is 0 Å². The number of thioether (sulfide) groups is 1. The zero-order chi connectivity index (χ0) is 14.0. The van der Waals surface area contributed by atoms with E-state index in [1.807, 2.05) is 6.26 Å². The van der Waals surface area contributed by atoms with Crippen molar-refractivity contribution < 1.29 is 9.90 Å². The van der Waals surface area contributed by atoms with E-state index in [1.54, 1.807) is 18.7 Å². The molecule has 0 radical (unpaired) electrons. The summed E-state index contributed by atoms with van der Waals surface area (Å²) in [4.78, 5) is 15.5. The molecule has 1 atom stereocenters. The molecule has 106 valence electrons. The van der Waals surface area contributed by atoms with E-state index in [2.05, 4.69) is 4.90 Å². The van der Waals surface area contributed by atoms with Gasteiger partial charge in [-0.3, -0.25) is 4.79 Å². The van der Waals surface area contributed by atoms with Gasteiger partial charge < -0.3 is 15.7 Å². The van der Waals surface area contributed by atoms with Crippen molar-refractivity contribution in [3.05, 3.63) is 4.88 Å². The lowest BCUT2D eigenvalue weighted by atomic mass is 9.99. The number of hydrogen-bond acceptors (Lipinski definition) is 6. The van der Waals surface area contributed by atoms with Crippen LogP contribution in [0.1, 0.15) is 29.4 Å². The SMILES string of the molecule is CSc1c(N2CCCC(CO)C2)sc(C(C)=O)c1N. The second kappa shape index (κ2) is 6.15. The van der Waals surface area contributed by atoms with Crippen molar-refractivity contribution in [3.63, 3.8) is 0 Å². The predicted octanol–water partition coefficient (Wildman–Crippen LogP) is 2.46. The third kappa shape index (κ3) is 2.90. The molecule has 0 aliphatic carbocycles. The molecule has 1 aliphatic rings. The summed E-state index contributed by atoms with van der Waals surface area (Å²) in [6.07, 6.45) is 4.13. The molecule has 0 spiro atoms. The van der Waals surface area contributed by atoms with Gasteiger partial charge in [0.2, 0.25) is 0 Å². The second-order valence-electron chi connectivity index (χ2n) is 4.88. The molecule has 2 heterocycles. The number of thiophene rings is 1. The molecule has 0 saturated carbocycles. The van der Waals surface area contributed by atoms with E-state index in [0.29, 0.717) is 16.5 Å². The van der Waals surface area contributed by atoms with Crippen molar-refractivity contribution >= 4 is 39.6 Å². The molecule has 4 nitrogen and oxygen atoms in total. The summed E-state index contributed by atoms with van der Waals surface area (Å²) in [7, 11) is 0. The predicted molar refractivity (Wildman–Crippen MR) is 82.5 cm³/mol. The van der Waals surface area contributed by atoms with Gasteiger partial charge in [0.15, 0.2) is 5.78 Å². The molecule has 1 aliphatic heterocycles. The Balaban J connectivity index is 2.33. The maximum Gasteiger partial charge on any atom is 0.171 e. The van der Waals surface area contributed by atoms with Crippen LogP contribution in [-0.4, -0.2) is 36.8 Å². The van der Waals surface area contributed by atoms with Crippen molar-refractivity contribution in [1.29, 1.82) is 0 Å². The van der Waals surface area contributed by atoms with Gasteiger partial charge in [0.1, 0.15) is 5.00 Å². The Hall–Kier alpha value is -0.720. The average Bonchev–Trinajstić information content (AvgIpc) is 2.75. The van der Waals surface area contributed by atoms with E-state index in [4.69, 9.17) is 5.73 Å². The van der Waals surface area contributed by atoms with Gasteiger partial charge in [0, 0.05) is 26.6 Å². The van der Waals surface area contributed by atoms with E-state index in [1.165, 1.54) is 11.3 Å². The molecule has 2 rings (SSSR count). The van der Waals surface area contributed by atoms with Gasteiger partial charge in [-0.2, -0.15) is 0 Å². The fourth-order valence-electron chi connectivity index (χ4n) is 2.48. The summed E-state index contributed by atoms with van der Waals surface area (Å²) in [5, 5.41) is 10.4. The number of ketones is 1. The van der Waals surface area contributed by atoms with Crippen LogP contribution in [0, 0.1) is 5.92 Å². The molecule has 6 heteroatoms. The maximum absolute atomic E-state index is 11.6. The molecule has 1 aromatic heterocycles. The van der Waals surface area contributed by atoms with Crippen molar-refractivity contribution in [2.45, 2.75) is 24.7 Å². The molecule has 0 bridgehead atoms. The summed E-state index contributed by atoms with van der Waals surface area (Å²) >= 11 is 3.08. The summed E-state index contributed by atoms with van der Waals surface area (Å²) < 4.78 is 0. The van der Waals surface area contributed by atoms with E-state index < -0.39 is 0 Å². The number of nitrogens with zero attached hydrogens (tertiary/aromatic N) is 1. The fraction of sp³-hybridized carbons (Fsp3) is 0.615. The topological polar surface area (TPSA) is 66.6 Å². The number of nitrogens with two attached hydrogens (primary N) is 1. The molecule has 1 fully saturated rings. The Morgan fingerprint density at radius 3 is 2.95 bits per heavy atom. The first-order valence-corrected chi connectivity index (χ1v) is 8.45. The van der Waals surface area contributed by atoms with Gasteiger partial charge in [-0.15, -0.1) is 23.1 Å². The number of hydrogen-bond donors (Lipinski definition) is 2. The Bertz CT molecular complexity index is 473. The first-order chi connectivity index (χ1) is 9.08. The van der Waals surface area contributed by atoms with Gasteiger partial charge >= 0.3 is 0 Å². The van der Waals surface area contributed by atoms with Crippen LogP contribution >= 0.6 is 23.1 Å². The molecule has 1 aromatic rings. The highest BCUT2D eigenvalue weighted by Crippen LogP contribution is 2.44. The van der Waals surface area contributed by atoms with Crippen LogP contribution in [0.4, 0.5) is 10.7 Å². The van der Waals surface area contributed by atoms with Crippen molar-refractivity contribution in [3.8, 4) is 0 Å². The fourth-order valence-corrected chi connectivity index (χ4v) is 4.59. The Kier molecular flexibility index (Phi) is 4.76. The minimum absolute atomic E-state index is 0.0276.